The van der Waals surface area contributed by atoms with Gasteiger partial charge in [-0.3, -0.25) is 4.72 Å². The van der Waals surface area contributed by atoms with Crippen molar-refractivity contribution < 1.29 is 8.42 Å². The van der Waals surface area contributed by atoms with E-state index in [1.54, 1.807) is 18.2 Å². The lowest BCUT2D eigenvalue weighted by molar-refractivity contribution is 0.601. The highest BCUT2D eigenvalue weighted by molar-refractivity contribution is 7.93. The molecule has 0 aliphatic carbocycles. The second-order valence-corrected chi connectivity index (χ2v) is 6.88. The van der Waals surface area contributed by atoms with E-state index in [0.29, 0.717) is 11.7 Å². The number of benzene rings is 1. The fourth-order valence-electron chi connectivity index (χ4n) is 1.64. The Morgan fingerprint density at radius 3 is 2.75 bits per heavy atom. The van der Waals surface area contributed by atoms with Gasteiger partial charge in [-0.2, -0.15) is 0 Å². The normalized spacial score (nSPS) is 11.5. The van der Waals surface area contributed by atoms with Gasteiger partial charge in [0.15, 0.2) is 0 Å². The van der Waals surface area contributed by atoms with Gasteiger partial charge >= 0.3 is 0 Å². The summed E-state index contributed by atoms with van der Waals surface area (Å²) in [5, 5.41) is 11.8. The van der Waals surface area contributed by atoms with Crippen LogP contribution in [0.15, 0.2) is 29.2 Å². The molecule has 6 nitrogen and oxygen atoms in total. The molecule has 0 fully saturated rings. The fraction of sp³-hybridized carbons (Fsp3) is 0.333. The first kappa shape index (κ1) is 14.9. The Labute approximate surface area is 122 Å². The highest BCUT2D eigenvalue weighted by Crippen LogP contribution is 2.20. The molecule has 0 aliphatic rings. The number of rotatable bonds is 6. The van der Waals surface area contributed by atoms with Crippen molar-refractivity contribution in [1.82, 2.24) is 15.5 Å². The smallest absolute Gasteiger partial charge is 0.263 e. The largest absolute Gasteiger partial charge is 0.316 e. The molecular weight excluding hydrogens is 296 g/mol. The van der Waals surface area contributed by atoms with Crippen molar-refractivity contribution in [3.8, 4) is 0 Å². The summed E-state index contributed by atoms with van der Waals surface area (Å²) in [5.74, 6) is 0. The van der Waals surface area contributed by atoms with Gasteiger partial charge in [0.1, 0.15) is 5.01 Å². The topological polar surface area (TPSA) is 84.0 Å². The van der Waals surface area contributed by atoms with E-state index in [1.165, 1.54) is 11.3 Å². The van der Waals surface area contributed by atoms with Crippen molar-refractivity contribution in [3.05, 3.63) is 34.8 Å². The molecule has 0 saturated carbocycles. The third-order valence-electron chi connectivity index (χ3n) is 2.58. The van der Waals surface area contributed by atoms with E-state index >= 15 is 0 Å². The van der Waals surface area contributed by atoms with Gasteiger partial charge in [-0.1, -0.05) is 30.4 Å². The van der Waals surface area contributed by atoms with Gasteiger partial charge in [0.05, 0.1) is 4.90 Å². The molecule has 0 unspecified atom stereocenters. The van der Waals surface area contributed by atoms with Crippen molar-refractivity contribution in [2.45, 2.75) is 24.8 Å². The van der Waals surface area contributed by atoms with Crippen LogP contribution in [0, 0.1) is 0 Å². The molecule has 0 aliphatic heterocycles. The van der Waals surface area contributed by atoms with Crippen LogP contribution >= 0.6 is 11.3 Å². The van der Waals surface area contributed by atoms with Crippen LogP contribution in [0.1, 0.15) is 17.5 Å². The fourth-order valence-corrected chi connectivity index (χ4v) is 3.62. The van der Waals surface area contributed by atoms with E-state index < -0.39 is 10.0 Å². The molecule has 1 aromatic heterocycles. The second-order valence-electron chi connectivity index (χ2n) is 4.14. The zero-order chi connectivity index (χ0) is 14.6. The maximum atomic E-state index is 12.3. The maximum absolute atomic E-state index is 12.3. The first-order chi connectivity index (χ1) is 9.55. The van der Waals surface area contributed by atoms with Crippen LogP contribution < -0.4 is 10.0 Å². The minimum Gasteiger partial charge on any atom is -0.316 e. The van der Waals surface area contributed by atoms with Gasteiger partial charge < -0.3 is 5.32 Å². The van der Waals surface area contributed by atoms with Crippen LogP contribution in [0.3, 0.4) is 0 Å². The molecule has 2 aromatic rings. The number of anilines is 1. The van der Waals surface area contributed by atoms with Crippen molar-refractivity contribution in [2.24, 2.45) is 0 Å². The zero-order valence-electron chi connectivity index (χ0n) is 11.3. The monoisotopic (exact) mass is 312 g/mol. The van der Waals surface area contributed by atoms with Crippen molar-refractivity contribution in [1.29, 1.82) is 0 Å². The van der Waals surface area contributed by atoms with Gasteiger partial charge in [-0.25, -0.2) is 8.42 Å². The van der Waals surface area contributed by atoms with E-state index in [2.05, 4.69) is 20.2 Å². The molecular formula is C12H16N4O2S2. The van der Waals surface area contributed by atoms with Crippen LogP contribution in [0.25, 0.3) is 0 Å². The molecule has 0 bridgehead atoms. The molecule has 0 atom stereocenters. The summed E-state index contributed by atoms with van der Waals surface area (Å²) in [4.78, 5) is 0.221. The number of sulfonamides is 1. The van der Waals surface area contributed by atoms with Gasteiger partial charge in [0.2, 0.25) is 5.13 Å². The molecule has 0 saturated heterocycles. The third-order valence-corrected chi connectivity index (χ3v) is 5.03. The molecule has 2 N–H and O–H groups in total. The molecule has 2 rings (SSSR count). The van der Waals surface area contributed by atoms with Crippen molar-refractivity contribution >= 4 is 26.5 Å². The summed E-state index contributed by atoms with van der Waals surface area (Å²) in [5.41, 5.74) is 0.905. The maximum Gasteiger partial charge on any atom is 0.263 e. The molecule has 20 heavy (non-hydrogen) atoms. The molecule has 0 amide bonds. The lowest BCUT2D eigenvalue weighted by Crippen LogP contribution is -2.14. The Kier molecular flexibility index (Phi) is 4.69. The summed E-state index contributed by atoms with van der Waals surface area (Å²) < 4.78 is 27.0. The van der Waals surface area contributed by atoms with Gasteiger partial charge in [0, 0.05) is 6.54 Å². The molecule has 1 aromatic carbocycles. The van der Waals surface area contributed by atoms with Gasteiger partial charge in [0.25, 0.3) is 10.0 Å². The van der Waals surface area contributed by atoms with Crippen LogP contribution in [-0.4, -0.2) is 25.7 Å². The average molecular weight is 312 g/mol. The van der Waals surface area contributed by atoms with Crippen LogP contribution in [0.4, 0.5) is 5.13 Å². The lowest BCUT2D eigenvalue weighted by atomic mass is 10.2. The Bertz CT molecular complexity index is 682. The molecule has 108 valence electrons. The predicted octanol–water partition coefficient (Wildman–Crippen LogP) is 1.62. The number of aryl methyl sites for hydroxylation is 1. The summed E-state index contributed by atoms with van der Waals surface area (Å²) in [6.45, 7) is 2.56. The number of nitrogens with one attached hydrogen (secondary N) is 2. The van der Waals surface area contributed by atoms with Crippen molar-refractivity contribution in [3.63, 3.8) is 0 Å². The van der Waals surface area contributed by atoms with E-state index in [1.807, 2.05) is 20.0 Å². The summed E-state index contributed by atoms with van der Waals surface area (Å²) in [6, 6.07) is 6.79. The first-order valence-electron chi connectivity index (χ1n) is 6.14. The first-order valence-corrected chi connectivity index (χ1v) is 8.44. The SMILES string of the molecule is CCc1nnc(NS(=O)(=O)c2cccc(CNC)c2)s1. The van der Waals surface area contributed by atoms with E-state index in [0.717, 1.165) is 17.0 Å². The van der Waals surface area contributed by atoms with E-state index in [9.17, 15) is 8.42 Å². The quantitative estimate of drug-likeness (QED) is 0.847. The number of hydrogen-bond donors (Lipinski definition) is 2. The lowest BCUT2D eigenvalue weighted by Gasteiger charge is -2.06. The van der Waals surface area contributed by atoms with Gasteiger partial charge in [-0.05, 0) is 31.2 Å². The standard InChI is InChI=1S/C12H16N4O2S2/c1-3-11-14-15-12(19-11)16-20(17,18)10-6-4-5-9(7-10)8-13-2/h4-7,13H,3,8H2,1-2H3,(H,15,16). The minimum atomic E-state index is -3.62. The highest BCUT2D eigenvalue weighted by Gasteiger charge is 2.16. The van der Waals surface area contributed by atoms with Crippen LogP contribution in [-0.2, 0) is 23.0 Å². The second kappa shape index (κ2) is 6.29. The predicted molar refractivity (Wildman–Crippen MR) is 79.3 cm³/mol. The minimum absolute atomic E-state index is 0.221. The summed E-state index contributed by atoms with van der Waals surface area (Å²) in [7, 11) is -1.81. The molecule has 8 heteroatoms. The van der Waals surface area contributed by atoms with Crippen molar-refractivity contribution in [2.75, 3.05) is 11.8 Å². The Morgan fingerprint density at radius 1 is 1.30 bits per heavy atom. The number of aromatic nitrogens is 2. The Balaban J connectivity index is 2.23. The molecule has 0 spiro atoms. The molecule has 0 radical (unpaired) electrons. The number of nitrogens with zero attached hydrogens (tertiary/aromatic N) is 2. The van der Waals surface area contributed by atoms with Gasteiger partial charge in [-0.15, -0.1) is 10.2 Å². The van der Waals surface area contributed by atoms with E-state index in [4.69, 9.17) is 0 Å². The Hall–Kier alpha value is -1.51. The average Bonchev–Trinajstić information content (AvgIpc) is 2.86. The Morgan fingerprint density at radius 2 is 2.10 bits per heavy atom. The number of hydrogen-bond acceptors (Lipinski definition) is 6. The van der Waals surface area contributed by atoms with Crippen LogP contribution in [0.5, 0.6) is 0 Å². The zero-order valence-corrected chi connectivity index (χ0v) is 12.9. The summed E-state index contributed by atoms with van der Waals surface area (Å²) >= 11 is 1.24. The highest BCUT2D eigenvalue weighted by atomic mass is 32.2. The molecule has 1 heterocycles. The van der Waals surface area contributed by atoms with E-state index in [-0.39, 0.29) is 4.90 Å². The van der Waals surface area contributed by atoms with Crippen LogP contribution in [0.2, 0.25) is 0 Å². The third kappa shape index (κ3) is 3.53. The summed E-state index contributed by atoms with van der Waals surface area (Å²) in [6.07, 6.45) is 0.733.